The maximum Gasteiger partial charge on any atom is 0.164 e. The van der Waals surface area contributed by atoms with Crippen molar-refractivity contribution < 1.29 is 9.63 Å². The number of nitrogens with one attached hydrogen (secondary N) is 1. The number of hydroxylamine groups is 1. The third kappa shape index (κ3) is 4.00. The number of hydrogen-bond donors (Lipinski definition) is 1. The molecule has 0 aliphatic carbocycles. The van der Waals surface area contributed by atoms with Crippen molar-refractivity contribution in [1.82, 2.24) is 5.48 Å². The number of benzene rings is 2. The van der Waals surface area contributed by atoms with Crippen molar-refractivity contribution in [1.29, 1.82) is 0 Å². The molecule has 0 radical (unpaired) electrons. The molecule has 1 N–H and O–H groups in total. The minimum absolute atomic E-state index is 0.0862. The summed E-state index contributed by atoms with van der Waals surface area (Å²) in [7, 11) is 1.55. The Morgan fingerprint density at radius 3 is 2.40 bits per heavy atom. The molecule has 4 heteroatoms. The Kier molecular flexibility index (Phi) is 5.47. The van der Waals surface area contributed by atoms with Crippen LogP contribution in [0.15, 0.2) is 59.1 Å². The molecule has 0 spiro atoms. The Hall–Kier alpha value is -1.49. The van der Waals surface area contributed by atoms with Crippen LogP contribution in [0.3, 0.4) is 0 Å². The highest BCUT2D eigenvalue weighted by atomic mass is 79.9. The predicted octanol–water partition coefficient (Wildman–Crippen LogP) is 3.91. The maximum absolute atomic E-state index is 12.3. The van der Waals surface area contributed by atoms with Gasteiger partial charge in [0.2, 0.25) is 0 Å². The molecule has 2 aromatic carbocycles. The van der Waals surface area contributed by atoms with Crippen LogP contribution in [0.4, 0.5) is 0 Å². The highest BCUT2D eigenvalue weighted by molar-refractivity contribution is 9.10. The van der Waals surface area contributed by atoms with Gasteiger partial charge >= 0.3 is 0 Å². The molecule has 0 saturated carbocycles. The maximum atomic E-state index is 12.3. The molecule has 0 aliphatic heterocycles. The van der Waals surface area contributed by atoms with E-state index in [1.54, 1.807) is 7.11 Å². The van der Waals surface area contributed by atoms with E-state index >= 15 is 0 Å². The minimum atomic E-state index is -0.166. The molecule has 0 aromatic heterocycles. The summed E-state index contributed by atoms with van der Waals surface area (Å²) in [5.41, 5.74) is 4.61. The molecule has 104 valence electrons. The van der Waals surface area contributed by atoms with E-state index in [-0.39, 0.29) is 11.8 Å². The van der Waals surface area contributed by atoms with Crippen molar-refractivity contribution in [3.63, 3.8) is 0 Å². The molecular formula is C16H16BrNO2. The third-order valence-electron chi connectivity index (χ3n) is 3.02. The highest BCUT2D eigenvalue weighted by Gasteiger charge is 2.16. The third-order valence-corrected chi connectivity index (χ3v) is 3.55. The molecule has 2 aromatic rings. The SMILES string of the molecule is CONC(CC(=O)c1ccccc1)c1ccc(Br)cc1. The number of Topliss-reactive ketones (excluding diaryl/α,β-unsaturated/α-hetero) is 1. The van der Waals surface area contributed by atoms with Gasteiger partial charge in [-0.05, 0) is 17.7 Å². The fourth-order valence-electron chi connectivity index (χ4n) is 1.99. The average Bonchev–Trinajstić information content (AvgIpc) is 2.48. The molecular weight excluding hydrogens is 318 g/mol. The minimum Gasteiger partial charge on any atom is -0.305 e. The standard InChI is InChI=1S/C16H16BrNO2/c1-20-18-15(12-7-9-14(17)10-8-12)11-16(19)13-5-3-2-4-6-13/h2-10,15,18H,11H2,1H3. The first-order chi connectivity index (χ1) is 9.70. The zero-order valence-corrected chi connectivity index (χ0v) is 12.8. The van der Waals surface area contributed by atoms with Crippen LogP contribution in [0.2, 0.25) is 0 Å². The van der Waals surface area contributed by atoms with Crippen LogP contribution in [0.5, 0.6) is 0 Å². The molecule has 0 heterocycles. The van der Waals surface area contributed by atoms with E-state index in [1.165, 1.54) is 0 Å². The molecule has 0 amide bonds. The molecule has 0 aliphatic rings. The van der Waals surface area contributed by atoms with Crippen molar-refractivity contribution in [2.45, 2.75) is 12.5 Å². The van der Waals surface area contributed by atoms with Crippen LogP contribution in [0.1, 0.15) is 28.4 Å². The van der Waals surface area contributed by atoms with Crippen molar-refractivity contribution in [2.24, 2.45) is 0 Å². The molecule has 20 heavy (non-hydrogen) atoms. The van der Waals surface area contributed by atoms with E-state index in [1.807, 2.05) is 54.6 Å². The van der Waals surface area contributed by atoms with Gasteiger partial charge in [-0.3, -0.25) is 4.79 Å². The first kappa shape index (κ1) is 14.9. The lowest BCUT2D eigenvalue weighted by molar-refractivity contribution is 0.0545. The molecule has 0 fully saturated rings. The molecule has 1 atom stereocenters. The van der Waals surface area contributed by atoms with E-state index < -0.39 is 0 Å². The van der Waals surface area contributed by atoms with Gasteiger partial charge in [-0.15, -0.1) is 0 Å². The number of rotatable bonds is 6. The largest absolute Gasteiger partial charge is 0.305 e. The number of hydrogen-bond acceptors (Lipinski definition) is 3. The summed E-state index contributed by atoms with van der Waals surface area (Å²) >= 11 is 3.40. The van der Waals surface area contributed by atoms with Gasteiger partial charge in [-0.1, -0.05) is 58.4 Å². The normalized spacial score (nSPS) is 12.1. The van der Waals surface area contributed by atoms with Crippen LogP contribution >= 0.6 is 15.9 Å². The van der Waals surface area contributed by atoms with Crippen LogP contribution in [-0.2, 0) is 4.84 Å². The van der Waals surface area contributed by atoms with Gasteiger partial charge in [0, 0.05) is 16.5 Å². The highest BCUT2D eigenvalue weighted by Crippen LogP contribution is 2.21. The zero-order valence-electron chi connectivity index (χ0n) is 11.2. The molecule has 3 nitrogen and oxygen atoms in total. The lowest BCUT2D eigenvalue weighted by Crippen LogP contribution is -2.23. The fourth-order valence-corrected chi connectivity index (χ4v) is 2.26. The van der Waals surface area contributed by atoms with Gasteiger partial charge in [0.05, 0.1) is 13.2 Å². The molecule has 0 bridgehead atoms. The first-order valence-corrected chi connectivity index (χ1v) is 7.12. The molecule has 2 rings (SSSR count). The van der Waals surface area contributed by atoms with Gasteiger partial charge in [-0.2, -0.15) is 5.48 Å². The summed E-state index contributed by atoms with van der Waals surface area (Å²) in [4.78, 5) is 17.3. The van der Waals surface area contributed by atoms with Gasteiger partial charge in [-0.25, -0.2) is 0 Å². The summed E-state index contributed by atoms with van der Waals surface area (Å²) in [5.74, 6) is 0.0862. The smallest absolute Gasteiger partial charge is 0.164 e. The van der Waals surface area contributed by atoms with Crippen LogP contribution in [0, 0.1) is 0 Å². The van der Waals surface area contributed by atoms with Crippen molar-refractivity contribution in [2.75, 3.05) is 7.11 Å². The first-order valence-electron chi connectivity index (χ1n) is 6.33. The van der Waals surface area contributed by atoms with E-state index in [0.29, 0.717) is 12.0 Å². The fraction of sp³-hybridized carbons (Fsp3) is 0.188. The second-order valence-corrected chi connectivity index (χ2v) is 5.34. The number of carbonyl (C=O) groups is 1. The Morgan fingerprint density at radius 1 is 1.15 bits per heavy atom. The average molecular weight is 334 g/mol. The van der Waals surface area contributed by atoms with E-state index in [4.69, 9.17) is 4.84 Å². The van der Waals surface area contributed by atoms with Gasteiger partial charge in [0.25, 0.3) is 0 Å². The summed E-state index contributed by atoms with van der Waals surface area (Å²) in [5, 5.41) is 0. The number of ketones is 1. The van der Waals surface area contributed by atoms with Crippen molar-refractivity contribution >= 4 is 21.7 Å². The second-order valence-electron chi connectivity index (χ2n) is 4.42. The zero-order chi connectivity index (χ0) is 14.4. The summed E-state index contributed by atoms with van der Waals surface area (Å²) in [6, 6.07) is 17.0. The van der Waals surface area contributed by atoms with Crippen molar-refractivity contribution in [3.05, 3.63) is 70.2 Å². The van der Waals surface area contributed by atoms with Crippen molar-refractivity contribution in [3.8, 4) is 0 Å². The molecule has 1 unspecified atom stereocenters. The lowest BCUT2D eigenvalue weighted by Gasteiger charge is -2.17. The summed E-state index contributed by atoms with van der Waals surface area (Å²) in [6.45, 7) is 0. The van der Waals surface area contributed by atoms with Crippen LogP contribution in [0.25, 0.3) is 0 Å². The Balaban J connectivity index is 2.13. The van der Waals surface area contributed by atoms with E-state index in [9.17, 15) is 4.79 Å². The topological polar surface area (TPSA) is 38.3 Å². The van der Waals surface area contributed by atoms with E-state index in [0.717, 1.165) is 10.0 Å². The summed E-state index contributed by atoms with van der Waals surface area (Å²) < 4.78 is 1.01. The lowest BCUT2D eigenvalue weighted by atomic mass is 9.98. The monoisotopic (exact) mass is 333 g/mol. The Bertz CT molecular complexity index is 554. The molecule has 0 saturated heterocycles. The quantitative estimate of drug-likeness (QED) is 0.643. The predicted molar refractivity (Wildman–Crippen MR) is 82.4 cm³/mol. The Labute approximate surface area is 127 Å². The van der Waals surface area contributed by atoms with Gasteiger partial charge in [0.15, 0.2) is 5.78 Å². The van der Waals surface area contributed by atoms with E-state index in [2.05, 4.69) is 21.4 Å². The number of halogens is 1. The number of carbonyl (C=O) groups excluding carboxylic acids is 1. The van der Waals surface area contributed by atoms with Crippen LogP contribution in [-0.4, -0.2) is 12.9 Å². The second kappa shape index (κ2) is 7.33. The van der Waals surface area contributed by atoms with Gasteiger partial charge in [0.1, 0.15) is 0 Å². The van der Waals surface area contributed by atoms with Crippen LogP contribution < -0.4 is 5.48 Å². The Morgan fingerprint density at radius 2 is 1.80 bits per heavy atom. The summed E-state index contributed by atoms with van der Waals surface area (Å²) in [6.07, 6.45) is 0.347. The van der Waals surface area contributed by atoms with Gasteiger partial charge < -0.3 is 4.84 Å².